The molecule has 4 rings (SSSR count). The lowest BCUT2D eigenvalue weighted by Gasteiger charge is -2.40. The highest BCUT2D eigenvalue weighted by Crippen LogP contribution is 2.39. The maximum Gasteiger partial charge on any atom is 0.254 e. The Morgan fingerprint density at radius 1 is 1.05 bits per heavy atom. The van der Waals surface area contributed by atoms with Crippen molar-refractivity contribution in [1.29, 1.82) is 0 Å². The van der Waals surface area contributed by atoms with E-state index in [1.807, 2.05) is 51.1 Å². The molecule has 0 aliphatic carbocycles. The molecule has 3 aromatic rings. The minimum atomic E-state index is -0.782. The maximum atomic E-state index is 14.8. The fraction of sp³-hybridized carbons (Fsp3) is 0.344. The molecule has 0 spiro atoms. The molecule has 1 aliphatic heterocycles. The van der Waals surface area contributed by atoms with Crippen LogP contribution in [0.2, 0.25) is 0 Å². The van der Waals surface area contributed by atoms with Crippen LogP contribution in [0.1, 0.15) is 44.6 Å². The molecule has 1 aromatic heterocycles. The fourth-order valence-corrected chi connectivity index (χ4v) is 5.13. The van der Waals surface area contributed by atoms with Crippen LogP contribution in [-0.2, 0) is 25.7 Å². The SMILES string of the molecule is CC(C)(C)[C@H](c1nc(-c2cc(F)ccc2F)cn1Cc1ccccc1)N(CCCNC(=O)CN1C(=O)C=CC1=O)C(=O)CO. The Morgan fingerprint density at radius 2 is 1.73 bits per heavy atom. The molecule has 2 N–H and O–H groups in total. The van der Waals surface area contributed by atoms with Crippen LogP contribution in [0.5, 0.6) is 0 Å². The first-order chi connectivity index (χ1) is 20.9. The minimum absolute atomic E-state index is 0.0290. The van der Waals surface area contributed by atoms with E-state index in [1.165, 1.54) is 4.90 Å². The second-order valence-electron chi connectivity index (χ2n) is 11.5. The maximum absolute atomic E-state index is 14.8. The van der Waals surface area contributed by atoms with Gasteiger partial charge in [0, 0.05) is 43.5 Å². The zero-order valence-corrected chi connectivity index (χ0v) is 24.8. The smallest absolute Gasteiger partial charge is 0.254 e. The van der Waals surface area contributed by atoms with Gasteiger partial charge in [0.25, 0.3) is 11.8 Å². The number of imidazole rings is 1. The van der Waals surface area contributed by atoms with Gasteiger partial charge < -0.3 is 19.9 Å². The monoisotopic (exact) mass is 607 g/mol. The van der Waals surface area contributed by atoms with Crippen LogP contribution in [0.25, 0.3) is 11.3 Å². The van der Waals surface area contributed by atoms with Crippen LogP contribution in [0.4, 0.5) is 8.78 Å². The number of imide groups is 1. The number of nitrogens with zero attached hydrogens (tertiary/aromatic N) is 4. The highest BCUT2D eigenvalue weighted by atomic mass is 19.1. The molecule has 2 heterocycles. The average Bonchev–Trinajstić information content (AvgIpc) is 3.53. The molecule has 44 heavy (non-hydrogen) atoms. The van der Waals surface area contributed by atoms with Crippen molar-refractivity contribution >= 4 is 23.6 Å². The van der Waals surface area contributed by atoms with Crippen molar-refractivity contribution in [1.82, 2.24) is 24.7 Å². The zero-order chi connectivity index (χ0) is 32.0. The minimum Gasteiger partial charge on any atom is -0.387 e. The molecule has 0 fully saturated rings. The van der Waals surface area contributed by atoms with Crippen molar-refractivity contribution in [2.45, 2.75) is 39.8 Å². The number of aliphatic hydroxyl groups is 1. The summed E-state index contributed by atoms with van der Waals surface area (Å²) in [5.41, 5.74) is 0.428. The van der Waals surface area contributed by atoms with E-state index in [9.17, 15) is 33.1 Å². The predicted octanol–water partition coefficient (Wildman–Crippen LogP) is 3.22. The normalized spacial score (nSPS) is 13.8. The first-order valence-corrected chi connectivity index (χ1v) is 14.2. The summed E-state index contributed by atoms with van der Waals surface area (Å²) in [5.74, 6) is -3.12. The summed E-state index contributed by atoms with van der Waals surface area (Å²) in [4.78, 5) is 56.1. The molecule has 0 bridgehead atoms. The number of carbonyl (C=O) groups excluding carboxylic acids is 4. The van der Waals surface area contributed by atoms with Crippen molar-refractivity contribution in [3.05, 3.63) is 89.9 Å². The van der Waals surface area contributed by atoms with Crippen LogP contribution in [0.3, 0.4) is 0 Å². The van der Waals surface area contributed by atoms with Crippen molar-refractivity contribution in [2.24, 2.45) is 5.41 Å². The van der Waals surface area contributed by atoms with Crippen molar-refractivity contribution in [3.63, 3.8) is 0 Å². The molecule has 0 saturated carbocycles. The zero-order valence-electron chi connectivity index (χ0n) is 24.8. The molecule has 1 atom stereocenters. The number of benzene rings is 2. The predicted molar refractivity (Wildman–Crippen MR) is 158 cm³/mol. The van der Waals surface area contributed by atoms with Gasteiger partial charge in [0.15, 0.2) is 0 Å². The second-order valence-corrected chi connectivity index (χ2v) is 11.5. The van der Waals surface area contributed by atoms with Gasteiger partial charge in [-0.1, -0.05) is 51.1 Å². The van der Waals surface area contributed by atoms with Crippen LogP contribution in [-0.4, -0.2) is 74.3 Å². The summed E-state index contributed by atoms with van der Waals surface area (Å²) >= 11 is 0. The molecule has 4 amide bonds. The summed E-state index contributed by atoms with van der Waals surface area (Å²) in [6, 6.07) is 11.9. The molecular formula is C32H35F2N5O5. The third kappa shape index (κ3) is 7.62. The Bertz CT molecular complexity index is 1550. The molecule has 2 aromatic carbocycles. The standard InChI is InChI=1S/C32H35F2N5O5/c1-32(2,3)30(38(29(44)20-40)15-7-14-35-26(41)19-39-27(42)12-13-28(39)43)31-36-25(23-16-22(33)10-11-24(23)34)18-37(31)17-21-8-5-4-6-9-21/h4-6,8-13,16,18,30,40H,7,14-15,17,19-20H2,1-3H3,(H,35,41)/t30-/m0/s1. The molecule has 12 heteroatoms. The second kappa shape index (κ2) is 13.7. The lowest BCUT2D eigenvalue weighted by molar-refractivity contribution is -0.141. The Hall–Kier alpha value is -4.71. The Morgan fingerprint density at radius 3 is 2.36 bits per heavy atom. The van der Waals surface area contributed by atoms with Crippen LogP contribution < -0.4 is 5.32 Å². The molecule has 0 unspecified atom stereocenters. The Kier molecular flexibility index (Phi) is 10.0. The quantitative estimate of drug-likeness (QED) is 0.241. The summed E-state index contributed by atoms with van der Waals surface area (Å²) in [6.07, 6.45) is 4.08. The highest BCUT2D eigenvalue weighted by molar-refractivity contribution is 6.14. The van der Waals surface area contributed by atoms with Gasteiger partial charge in [-0.25, -0.2) is 13.8 Å². The molecule has 10 nitrogen and oxygen atoms in total. The number of aromatic nitrogens is 2. The van der Waals surface area contributed by atoms with Crippen molar-refractivity contribution in [3.8, 4) is 11.3 Å². The number of nitrogens with one attached hydrogen (secondary N) is 1. The van der Waals surface area contributed by atoms with E-state index in [0.29, 0.717) is 12.4 Å². The lowest BCUT2D eigenvalue weighted by atomic mass is 9.84. The van der Waals surface area contributed by atoms with E-state index in [-0.39, 0.29) is 30.8 Å². The van der Waals surface area contributed by atoms with Crippen LogP contribution >= 0.6 is 0 Å². The average molecular weight is 608 g/mol. The third-order valence-electron chi connectivity index (χ3n) is 7.14. The van der Waals surface area contributed by atoms with E-state index < -0.39 is 59.9 Å². The topological polar surface area (TPSA) is 125 Å². The summed E-state index contributed by atoms with van der Waals surface area (Å²) in [5, 5.41) is 12.6. The number of aliphatic hydroxyl groups excluding tert-OH is 1. The molecular weight excluding hydrogens is 572 g/mol. The Balaban J connectivity index is 1.63. The lowest BCUT2D eigenvalue weighted by Crippen LogP contribution is -2.45. The molecule has 0 radical (unpaired) electrons. The molecule has 0 saturated heterocycles. The van der Waals surface area contributed by atoms with E-state index in [4.69, 9.17) is 4.98 Å². The molecule has 232 valence electrons. The number of halogens is 2. The number of amides is 4. The largest absolute Gasteiger partial charge is 0.387 e. The molecule has 1 aliphatic rings. The first kappa shape index (κ1) is 32.2. The third-order valence-corrected chi connectivity index (χ3v) is 7.14. The van der Waals surface area contributed by atoms with Crippen molar-refractivity contribution < 1.29 is 33.1 Å². The van der Waals surface area contributed by atoms with Gasteiger partial charge in [0.05, 0.1) is 11.7 Å². The highest BCUT2D eigenvalue weighted by Gasteiger charge is 2.38. The van der Waals surface area contributed by atoms with Crippen LogP contribution in [0.15, 0.2) is 66.9 Å². The first-order valence-electron chi connectivity index (χ1n) is 14.2. The van der Waals surface area contributed by atoms with E-state index in [2.05, 4.69) is 5.32 Å². The number of hydrogen-bond acceptors (Lipinski definition) is 6. The van der Waals surface area contributed by atoms with E-state index in [0.717, 1.165) is 40.8 Å². The van der Waals surface area contributed by atoms with Gasteiger partial charge in [-0.05, 0) is 35.6 Å². The number of carbonyl (C=O) groups is 4. The summed E-state index contributed by atoms with van der Waals surface area (Å²) < 4.78 is 30.8. The van der Waals surface area contributed by atoms with E-state index >= 15 is 0 Å². The van der Waals surface area contributed by atoms with Crippen molar-refractivity contribution in [2.75, 3.05) is 26.2 Å². The van der Waals surface area contributed by atoms with Gasteiger partial charge in [0.1, 0.15) is 30.6 Å². The number of hydrogen-bond donors (Lipinski definition) is 2. The van der Waals surface area contributed by atoms with Gasteiger partial charge in [0.2, 0.25) is 11.8 Å². The fourth-order valence-electron chi connectivity index (χ4n) is 5.13. The van der Waals surface area contributed by atoms with Gasteiger partial charge in [-0.15, -0.1) is 0 Å². The summed E-state index contributed by atoms with van der Waals surface area (Å²) in [7, 11) is 0. The number of rotatable bonds is 12. The summed E-state index contributed by atoms with van der Waals surface area (Å²) in [6.45, 7) is 5.05. The van der Waals surface area contributed by atoms with Gasteiger partial charge in [-0.2, -0.15) is 0 Å². The Labute approximate surface area is 254 Å². The van der Waals surface area contributed by atoms with E-state index in [1.54, 1.807) is 10.8 Å². The van der Waals surface area contributed by atoms with Gasteiger partial charge >= 0.3 is 0 Å². The van der Waals surface area contributed by atoms with Gasteiger partial charge in [-0.3, -0.25) is 24.1 Å². The van der Waals surface area contributed by atoms with Crippen LogP contribution in [0, 0.1) is 17.0 Å².